The highest BCUT2D eigenvalue weighted by Gasteiger charge is 2.23. The fraction of sp³-hybridized carbons (Fsp3) is 0.194. The molecule has 0 bridgehead atoms. The molecule has 0 radical (unpaired) electrons. The Balaban J connectivity index is 1.37. The van der Waals surface area contributed by atoms with E-state index in [9.17, 15) is 9.59 Å². The first-order chi connectivity index (χ1) is 19.0. The van der Waals surface area contributed by atoms with Gasteiger partial charge in [0.25, 0.3) is 11.5 Å². The van der Waals surface area contributed by atoms with Crippen molar-refractivity contribution in [2.24, 2.45) is 0 Å². The molecule has 0 aliphatic rings. The molecule has 0 spiro atoms. The van der Waals surface area contributed by atoms with Gasteiger partial charge in [-0.2, -0.15) is 0 Å². The van der Waals surface area contributed by atoms with Crippen LogP contribution in [0.1, 0.15) is 12.5 Å². The summed E-state index contributed by atoms with van der Waals surface area (Å²) in [4.78, 5) is 31.2. The van der Waals surface area contributed by atoms with Gasteiger partial charge in [-0.15, -0.1) is 0 Å². The predicted octanol–water partition coefficient (Wildman–Crippen LogP) is 4.74. The van der Waals surface area contributed by atoms with Crippen molar-refractivity contribution in [2.75, 3.05) is 20.8 Å². The molecule has 1 amide bonds. The SMILES string of the molecule is COc1ccc2c(c1OC)c(=O)n1c3ccc(OC(C)C(=O)NCCc4ccccc4)cc3c3ccnc2c31. The maximum Gasteiger partial charge on any atom is 0.267 e. The molecule has 0 aliphatic heterocycles. The van der Waals surface area contributed by atoms with Gasteiger partial charge in [-0.25, -0.2) is 0 Å². The van der Waals surface area contributed by atoms with Crippen LogP contribution in [-0.2, 0) is 11.2 Å². The molecule has 6 rings (SSSR count). The van der Waals surface area contributed by atoms with E-state index in [-0.39, 0.29) is 11.5 Å². The summed E-state index contributed by atoms with van der Waals surface area (Å²) >= 11 is 0. The summed E-state index contributed by atoms with van der Waals surface area (Å²) in [5.74, 6) is 1.19. The molecule has 0 saturated heterocycles. The molecule has 1 N–H and O–H groups in total. The van der Waals surface area contributed by atoms with Gasteiger partial charge in [0.15, 0.2) is 17.6 Å². The lowest BCUT2D eigenvalue weighted by Crippen LogP contribution is -2.37. The number of hydrogen-bond acceptors (Lipinski definition) is 6. The molecule has 3 aromatic heterocycles. The van der Waals surface area contributed by atoms with Gasteiger partial charge in [0, 0.05) is 28.9 Å². The smallest absolute Gasteiger partial charge is 0.267 e. The number of nitrogens with one attached hydrogen (secondary N) is 1. The highest BCUT2D eigenvalue weighted by Crippen LogP contribution is 2.39. The van der Waals surface area contributed by atoms with Gasteiger partial charge in [-0.05, 0) is 55.3 Å². The Morgan fingerprint density at radius 2 is 1.79 bits per heavy atom. The van der Waals surface area contributed by atoms with E-state index in [2.05, 4.69) is 10.3 Å². The molecule has 0 saturated carbocycles. The predicted molar refractivity (Wildman–Crippen MR) is 152 cm³/mol. The molecule has 1 unspecified atom stereocenters. The zero-order valence-corrected chi connectivity index (χ0v) is 21.9. The van der Waals surface area contributed by atoms with E-state index in [0.717, 1.165) is 28.3 Å². The van der Waals surface area contributed by atoms with E-state index < -0.39 is 6.10 Å². The zero-order chi connectivity index (χ0) is 27.1. The Bertz CT molecular complexity index is 1900. The Morgan fingerprint density at radius 3 is 2.56 bits per heavy atom. The number of nitrogens with zero attached hydrogens (tertiary/aromatic N) is 2. The van der Waals surface area contributed by atoms with Crippen molar-refractivity contribution in [2.45, 2.75) is 19.4 Å². The second kappa shape index (κ2) is 9.79. The maximum absolute atomic E-state index is 13.9. The van der Waals surface area contributed by atoms with E-state index >= 15 is 0 Å². The third-order valence-corrected chi connectivity index (χ3v) is 7.10. The average Bonchev–Trinajstić information content (AvgIpc) is 3.30. The van der Waals surface area contributed by atoms with Gasteiger partial charge < -0.3 is 19.5 Å². The highest BCUT2D eigenvalue weighted by atomic mass is 16.5. The van der Waals surface area contributed by atoms with Crippen molar-refractivity contribution in [3.05, 3.63) is 88.8 Å². The van der Waals surface area contributed by atoms with Crippen molar-refractivity contribution in [3.8, 4) is 17.2 Å². The fourth-order valence-corrected chi connectivity index (χ4v) is 5.25. The maximum atomic E-state index is 13.9. The first-order valence-electron chi connectivity index (χ1n) is 12.7. The summed E-state index contributed by atoms with van der Waals surface area (Å²) in [6, 6.07) is 21.0. The van der Waals surface area contributed by atoms with Crippen LogP contribution in [0, 0.1) is 0 Å². The molecular weight excluding hydrogens is 494 g/mol. The normalized spacial score (nSPS) is 12.3. The minimum Gasteiger partial charge on any atom is -0.493 e. The minimum atomic E-state index is -0.693. The average molecular weight is 522 g/mol. The van der Waals surface area contributed by atoms with Crippen LogP contribution in [0.4, 0.5) is 0 Å². The van der Waals surface area contributed by atoms with Crippen molar-refractivity contribution < 1.29 is 19.0 Å². The Hall–Kier alpha value is -4.85. The van der Waals surface area contributed by atoms with Crippen molar-refractivity contribution in [1.82, 2.24) is 14.7 Å². The summed E-state index contributed by atoms with van der Waals surface area (Å²) in [7, 11) is 3.06. The summed E-state index contributed by atoms with van der Waals surface area (Å²) in [5, 5.41) is 5.73. The fourth-order valence-electron chi connectivity index (χ4n) is 5.25. The quantitative estimate of drug-likeness (QED) is 0.291. The van der Waals surface area contributed by atoms with Gasteiger partial charge >= 0.3 is 0 Å². The molecule has 39 heavy (non-hydrogen) atoms. The van der Waals surface area contributed by atoms with E-state index in [4.69, 9.17) is 14.2 Å². The molecule has 8 nitrogen and oxygen atoms in total. The lowest BCUT2D eigenvalue weighted by molar-refractivity contribution is -0.127. The van der Waals surface area contributed by atoms with Gasteiger partial charge in [0.2, 0.25) is 0 Å². The number of carbonyl (C=O) groups excluding carboxylic acids is 1. The number of rotatable bonds is 8. The van der Waals surface area contributed by atoms with Crippen LogP contribution in [0.5, 0.6) is 17.2 Å². The summed E-state index contributed by atoms with van der Waals surface area (Å²) in [6.45, 7) is 2.25. The number of aromatic nitrogens is 2. The van der Waals surface area contributed by atoms with Crippen LogP contribution in [0.2, 0.25) is 0 Å². The van der Waals surface area contributed by atoms with Crippen LogP contribution in [0.25, 0.3) is 38.1 Å². The first-order valence-corrected chi connectivity index (χ1v) is 12.7. The number of ether oxygens (including phenoxy) is 3. The molecule has 3 aromatic carbocycles. The Labute approximate surface area is 224 Å². The number of amides is 1. The van der Waals surface area contributed by atoms with E-state index in [1.165, 1.54) is 7.11 Å². The van der Waals surface area contributed by atoms with Crippen LogP contribution < -0.4 is 25.1 Å². The number of carbonyl (C=O) groups is 1. The molecular formula is C31H27N3O5. The van der Waals surface area contributed by atoms with Gasteiger partial charge in [0.1, 0.15) is 5.75 Å². The number of pyridine rings is 2. The summed E-state index contributed by atoms with van der Waals surface area (Å²) in [6.07, 6.45) is 1.78. The Morgan fingerprint density at radius 1 is 0.974 bits per heavy atom. The van der Waals surface area contributed by atoms with Gasteiger partial charge in [0.05, 0.1) is 36.2 Å². The standard InChI is InChI=1S/C31H27N3O5/c1-18(30(35)33-15-13-19-7-5-4-6-8-19)39-20-9-11-24-23(17-20)21-14-16-32-27-22-10-12-25(37-2)29(38-3)26(22)31(36)34(24)28(21)27/h4-12,14,16-18H,13,15H2,1-3H3,(H,33,35). The lowest BCUT2D eigenvalue weighted by Gasteiger charge is -2.15. The van der Waals surface area contributed by atoms with Crippen molar-refractivity contribution >= 4 is 44.0 Å². The first kappa shape index (κ1) is 24.5. The molecule has 0 aliphatic carbocycles. The summed E-state index contributed by atoms with van der Waals surface area (Å²) < 4.78 is 18.7. The second-order valence-corrected chi connectivity index (χ2v) is 9.39. The van der Waals surface area contributed by atoms with Gasteiger partial charge in [-0.1, -0.05) is 30.3 Å². The molecule has 0 fully saturated rings. The van der Waals surface area contributed by atoms with Crippen molar-refractivity contribution in [1.29, 1.82) is 0 Å². The van der Waals surface area contributed by atoms with E-state index in [0.29, 0.717) is 45.6 Å². The third kappa shape index (κ3) is 4.05. The van der Waals surface area contributed by atoms with E-state index in [1.54, 1.807) is 36.8 Å². The molecule has 3 heterocycles. The molecule has 6 aromatic rings. The molecule has 8 heteroatoms. The van der Waals surface area contributed by atoms with Crippen LogP contribution in [-0.4, -0.2) is 42.2 Å². The molecule has 1 atom stereocenters. The zero-order valence-electron chi connectivity index (χ0n) is 21.9. The third-order valence-electron chi connectivity index (χ3n) is 7.10. The number of fused-ring (bicyclic) bond motifs is 5. The number of hydrogen-bond donors (Lipinski definition) is 1. The van der Waals surface area contributed by atoms with E-state index in [1.807, 2.05) is 54.6 Å². The van der Waals surface area contributed by atoms with Crippen LogP contribution in [0.15, 0.2) is 77.7 Å². The molecule has 196 valence electrons. The van der Waals surface area contributed by atoms with Gasteiger partial charge in [-0.3, -0.25) is 19.0 Å². The van der Waals surface area contributed by atoms with Crippen molar-refractivity contribution in [3.63, 3.8) is 0 Å². The monoisotopic (exact) mass is 521 g/mol. The van der Waals surface area contributed by atoms with Crippen LogP contribution >= 0.6 is 0 Å². The minimum absolute atomic E-state index is 0.190. The van der Waals surface area contributed by atoms with Crippen LogP contribution in [0.3, 0.4) is 0 Å². The second-order valence-electron chi connectivity index (χ2n) is 9.39. The number of benzene rings is 3. The topological polar surface area (TPSA) is 91.2 Å². The largest absolute Gasteiger partial charge is 0.493 e. The highest BCUT2D eigenvalue weighted by molar-refractivity contribution is 6.19. The Kier molecular flexibility index (Phi) is 6.15. The summed E-state index contributed by atoms with van der Waals surface area (Å²) in [5.41, 5.74) is 3.06. The number of methoxy groups -OCH3 is 2. The lowest BCUT2D eigenvalue weighted by atomic mass is 10.1.